The molecule has 0 spiro atoms. The first-order valence-corrected chi connectivity index (χ1v) is 6.27. The fraction of sp³-hybridized carbons (Fsp3) is 0.154. The molecule has 1 heterocycles. The summed E-state index contributed by atoms with van der Waals surface area (Å²) in [5.74, 6) is -1.31. The summed E-state index contributed by atoms with van der Waals surface area (Å²) in [4.78, 5) is 23.0. The first kappa shape index (κ1) is 14.1. The van der Waals surface area contributed by atoms with Crippen molar-refractivity contribution in [2.24, 2.45) is 0 Å². The van der Waals surface area contributed by atoms with Crippen LogP contribution < -0.4 is 10.6 Å². The molecule has 0 aliphatic carbocycles. The van der Waals surface area contributed by atoms with Crippen molar-refractivity contribution in [2.75, 3.05) is 11.9 Å². The van der Waals surface area contributed by atoms with Gasteiger partial charge >= 0.3 is 11.8 Å². The van der Waals surface area contributed by atoms with Gasteiger partial charge in [0.1, 0.15) is 6.26 Å². The molecule has 0 radical (unpaired) electrons. The van der Waals surface area contributed by atoms with Gasteiger partial charge in [0, 0.05) is 17.6 Å². The zero-order valence-electron chi connectivity index (χ0n) is 10.4. The number of carbonyl (C=O) groups is 2. The zero-order valence-corrected chi connectivity index (χ0v) is 11.2. The Labute approximate surface area is 120 Å². The van der Waals surface area contributed by atoms with E-state index in [1.54, 1.807) is 12.1 Å². The van der Waals surface area contributed by atoms with Crippen molar-refractivity contribution in [3.63, 3.8) is 0 Å². The van der Waals surface area contributed by atoms with Crippen molar-refractivity contribution < 1.29 is 14.1 Å². The molecule has 1 aromatic heterocycles. The zero-order chi connectivity index (χ0) is 14.4. The van der Waals surface area contributed by atoms with Crippen LogP contribution in [-0.2, 0) is 16.0 Å². The van der Waals surface area contributed by atoms with Gasteiger partial charge < -0.3 is 9.84 Å². The minimum absolute atomic E-state index is 0.197. The van der Waals surface area contributed by atoms with Gasteiger partial charge in [-0.2, -0.15) is 0 Å². The van der Waals surface area contributed by atoms with Gasteiger partial charge in [0.25, 0.3) is 0 Å². The molecule has 0 saturated heterocycles. The second kappa shape index (κ2) is 6.72. The minimum atomic E-state index is -0.782. The highest BCUT2D eigenvalue weighted by Gasteiger charge is 2.14. The molecule has 1 aromatic carbocycles. The van der Waals surface area contributed by atoms with Crippen molar-refractivity contribution in [2.45, 2.75) is 6.42 Å². The van der Waals surface area contributed by atoms with E-state index in [1.165, 1.54) is 12.3 Å². The molecule has 2 aromatic rings. The maximum Gasteiger partial charge on any atom is 0.314 e. The summed E-state index contributed by atoms with van der Waals surface area (Å²) in [6.45, 7) is 0.354. The molecule has 104 valence electrons. The Hall–Kier alpha value is -2.34. The van der Waals surface area contributed by atoms with Crippen molar-refractivity contribution in [1.29, 1.82) is 0 Å². The van der Waals surface area contributed by atoms with Crippen LogP contribution in [0.3, 0.4) is 0 Å². The largest absolute Gasteiger partial charge is 0.363 e. The molecule has 0 bridgehead atoms. The van der Waals surface area contributed by atoms with Gasteiger partial charge in [0.2, 0.25) is 0 Å². The Morgan fingerprint density at radius 2 is 1.90 bits per heavy atom. The van der Waals surface area contributed by atoms with Crippen LogP contribution in [-0.4, -0.2) is 23.5 Å². The average molecular weight is 294 g/mol. The summed E-state index contributed by atoms with van der Waals surface area (Å²) in [6.07, 6.45) is 1.91. The highest BCUT2D eigenvalue weighted by Crippen LogP contribution is 2.09. The van der Waals surface area contributed by atoms with Crippen LogP contribution in [0.1, 0.15) is 5.56 Å². The number of benzene rings is 1. The molecule has 20 heavy (non-hydrogen) atoms. The molecule has 0 fully saturated rings. The Kier molecular flexibility index (Phi) is 4.73. The molecule has 0 unspecified atom stereocenters. The molecule has 0 aliphatic heterocycles. The SMILES string of the molecule is O=C(NCCc1ccc(Cl)cc1)C(=O)Nc1ccon1. The maximum atomic E-state index is 11.5. The first-order valence-electron chi connectivity index (χ1n) is 5.89. The van der Waals surface area contributed by atoms with E-state index in [4.69, 9.17) is 11.6 Å². The van der Waals surface area contributed by atoms with Gasteiger partial charge in [-0.1, -0.05) is 28.9 Å². The maximum absolute atomic E-state index is 11.5. The van der Waals surface area contributed by atoms with Crippen LogP contribution in [0.2, 0.25) is 5.02 Å². The number of aromatic nitrogens is 1. The lowest BCUT2D eigenvalue weighted by atomic mass is 10.1. The Morgan fingerprint density at radius 3 is 2.55 bits per heavy atom. The number of carbonyl (C=O) groups excluding carboxylic acids is 2. The van der Waals surface area contributed by atoms with Crippen LogP contribution in [0.4, 0.5) is 5.82 Å². The van der Waals surface area contributed by atoms with Crippen LogP contribution in [0.5, 0.6) is 0 Å². The number of rotatable bonds is 4. The molecule has 0 saturated carbocycles. The number of hydrogen-bond acceptors (Lipinski definition) is 4. The van der Waals surface area contributed by atoms with Crippen molar-refractivity contribution in [1.82, 2.24) is 10.5 Å². The van der Waals surface area contributed by atoms with Gasteiger partial charge in [-0.15, -0.1) is 0 Å². The third-order valence-electron chi connectivity index (χ3n) is 2.50. The monoisotopic (exact) mass is 293 g/mol. The van der Waals surface area contributed by atoms with Gasteiger partial charge in [-0.05, 0) is 24.1 Å². The van der Waals surface area contributed by atoms with Crippen LogP contribution in [0, 0.1) is 0 Å². The number of nitrogens with zero attached hydrogens (tertiary/aromatic N) is 1. The Morgan fingerprint density at radius 1 is 1.15 bits per heavy atom. The summed E-state index contributed by atoms with van der Waals surface area (Å²) >= 11 is 5.77. The van der Waals surface area contributed by atoms with E-state index in [1.807, 2.05) is 12.1 Å². The summed E-state index contributed by atoms with van der Waals surface area (Å²) < 4.78 is 4.54. The van der Waals surface area contributed by atoms with E-state index in [2.05, 4.69) is 20.3 Å². The Balaban J connectivity index is 1.74. The summed E-state index contributed by atoms with van der Waals surface area (Å²) in [6, 6.07) is 8.72. The number of amides is 2. The second-order valence-electron chi connectivity index (χ2n) is 3.97. The first-order chi connectivity index (χ1) is 9.65. The summed E-state index contributed by atoms with van der Waals surface area (Å²) in [7, 11) is 0. The highest BCUT2D eigenvalue weighted by molar-refractivity contribution is 6.39. The smallest absolute Gasteiger partial charge is 0.314 e. The van der Waals surface area contributed by atoms with E-state index >= 15 is 0 Å². The lowest BCUT2D eigenvalue weighted by Gasteiger charge is -2.05. The van der Waals surface area contributed by atoms with Crippen LogP contribution in [0.15, 0.2) is 41.1 Å². The number of hydrogen-bond donors (Lipinski definition) is 2. The van der Waals surface area contributed by atoms with E-state index in [-0.39, 0.29) is 5.82 Å². The third-order valence-corrected chi connectivity index (χ3v) is 2.75. The Bertz CT molecular complexity index is 581. The predicted molar refractivity (Wildman–Crippen MR) is 73.3 cm³/mol. The number of nitrogens with one attached hydrogen (secondary N) is 2. The molecule has 0 aliphatic rings. The second-order valence-corrected chi connectivity index (χ2v) is 4.41. The van der Waals surface area contributed by atoms with E-state index in [0.29, 0.717) is 18.0 Å². The minimum Gasteiger partial charge on any atom is -0.363 e. The van der Waals surface area contributed by atoms with E-state index < -0.39 is 11.8 Å². The number of anilines is 1. The third kappa shape index (κ3) is 4.10. The van der Waals surface area contributed by atoms with Gasteiger partial charge in [0.05, 0.1) is 0 Å². The van der Waals surface area contributed by atoms with Crippen molar-refractivity contribution >= 4 is 29.2 Å². The van der Waals surface area contributed by atoms with Crippen molar-refractivity contribution in [3.05, 3.63) is 47.2 Å². The fourth-order valence-corrected chi connectivity index (χ4v) is 1.63. The lowest BCUT2D eigenvalue weighted by Crippen LogP contribution is -2.36. The molecule has 2 amide bonds. The standard InChI is InChI=1S/C13H12ClN3O3/c14-10-3-1-9(2-4-10)5-7-15-12(18)13(19)16-11-6-8-20-17-11/h1-4,6,8H,5,7H2,(H,15,18)(H,16,17,19). The molecular formula is C13H12ClN3O3. The highest BCUT2D eigenvalue weighted by atomic mass is 35.5. The average Bonchev–Trinajstić information content (AvgIpc) is 2.93. The van der Waals surface area contributed by atoms with Gasteiger partial charge in [-0.3, -0.25) is 14.9 Å². The normalized spacial score (nSPS) is 10.1. The topological polar surface area (TPSA) is 84.2 Å². The van der Waals surface area contributed by atoms with Crippen LogP contribution in [0.25, 0.3) is 0 Å². The quantitative estimate of drug-likeness (QED) is 0.839. The van der Waals surface area contributed by atoms with Crippen molar-refractivity contribution in [3.8, 4) is 0 Å². The van der Waals surface area contributed by atoms with Gasteiger partial charge in [-0.25, -0.2) is 0 Å². The van der Waals surface area contributed by atoms with E-state index in [9.17, 15) is 9.59 Å². The molecule has 0 atom stereocenters. The molecule has 6 nitrogen and oxygen atoms in total. The predicted octanol–water partition coefficient (Wildman–Crippen LogP) is 1.63. The van der Waals surface area contributed by atoms with Crippen LogP contribution >= 0.6 is 11.6 Å². The summed E-state index contributed by atoms with van der Waals surface area (Å²) in [5, 5.41) is 8.95. The summed E-state index contributed by atoms with van der Waals surface area (Å²) in [5.41, 5.74) is 1.02. The molecule has 2 N–H and O–H groups in total. The van der Waals surface area contributed by atoms with Gasteiger partial charge in [0.15, 0.2) is 5.82 Å². The molecule has 2 rings (SSSR count). The molecular weight excluding hydrogens is 282 g/mol. The number of halogens is 1. The fourth-order valence-electron chi connectivity index (χ4n) is 1.50. The van der Waals surface area contributed by atoms with E-state index in [0.717, 1.165) is 5.56 Å². The molecule has 7 heteroatoms. The lowest BCUT2D eigenvalue weighted by molar-refractivity contribution is -0.136.